The van der Waals surface area contributed by atoms with E-state index in [1.165, 1.54) is 18.2 Å². The van der Waals surface area contributed by atoms with Crippen molar-refractivity contribution in [2.45, 2.75) is 46.2 Å². The van der Waals surface area contributed by atoms with Crippen LogP contribution in [0.1, 0.15) is 44.7 Å². The van der Waals surface area contributed by atoms with E-state index >= 15 is 4.39 Å². The molecule has 0 aliphatic carbocycles. The summed E-state index contributed by atoms with van der Waals surface area (Å²) in [6.07, 6.45) is 3.53. The fourth-order valence-corrected chi connectivity index (χ4v) is 5.88. The quantitative estimate of drug-likeness (QED) is 0.394. The average Bonchev–Trinajstić information content (AvgIpc) is 3.35. The summed E-state index contributed by atoms with van der Waals surface area (Å²) in [6, 6.07) is 8.90. The number of anilines is 2. The molecule has 3 aliphatic rings. The zero-order chi connectivity index (χ0) is 28.4. The van der Waals surface area contributed by atoms with Crippen LogP contribution >= 0.6 is 0 Å². The van der Waals surface area contributed by atoms with Crippen molar-refractivity contribution in [2.75, 3.05) is 43.4 Å². The van der Waals surface area contributed by atoms with Crippen LogP contribution in [0.5, 0.6) is 0 Å². The molecule has 0 aromatic heterocycles. The second-order valence-corrected chi connectivity index (χ2v) is 10.7. The predicted molar refractivity (Wildman–Crippen MR) is 153 cm³/mol. The number of nitrogens with one attached hydrogen (secondary N) is 3. The number of hydrogen-bond acceptors (Lipinski definition) is 5. The van der Waals surface area contributed by atoms with Crippen LogP contribution in [0.4, 0.5) is 20.2 Å². The minimum absolute atomic E-state index is 0.0171. The molecule has 7 nitrogen and oxygen atoms in total. The number of benzene rings is 2. The Hall–Kier alpha value is -3.72. The van der Waals surface area contributed by atoms with Gasteiger partial charge in [0.2, 0.25) is 5.91 Å². The van der Waals surface area contributed by atoms with Gasteiger partial charge in [0.1, 0.15) is 11.6 Å². The first-order valence-electron chi connectivity index (χ1n) is 14.1. The van der Waals surface area contributed by atoms with Crippen LogP contribution in [-0.2, 0) is 16.1 Å². The smallest absolute Gasteiger partial charge is 0.256 e. The summed E-state index contributed by atoms with van der Waals surface area (Å²) in [5.41, 5.74) is 4.08. The van der Waals surface area contributed by atoms with Gasteiger partial charge in [0.15, 0.2) is 0 Å². The Kier molecular flexibility index (Phi) is 8.21. The highest BCUT2D eigenvalue weighted by Crippen LogP contribution is 2.39. The van der Waals surface area contributed by atoms with Crippen molar-refractivity contribution in [1.82, 2.24) is 15.1 Å². The van der Waals surface area contributed by atoms with E-state index in [1.54, 1.807) is 24.3 Å². The van der Waals surface area contributed by atoms with E-state index in [9.17, 15) is 14.0 Å². The van der Waals surface area contributed by atoms with Crippen molar-refractivity contribution in [3.8, 4) is 0 Å². The molecule has 2 unspecified atom stereocenters. The average molecular weight is 550 g/mol. The number of likely N-dealkylation sites (tertiary alicyclic amines) is 1. The normalized spacial score (nSPS) is 21.4. The summed E-state index contributed by atoms with van der Waals surface area (Å²) in [5, 5.41) is 9.37. The number of amides is 2. The van der Waals surface area contributed by atoms with E-state index < -0.39 is 5.82 Å². The summed E-state index contributed by atoms with van der Waals surface area (Å²) in [5.74, 6) is -1.27. The standard InChI is InChI=1S/C31H37F2N5O2/c1-4-37(5-2)13-14-38-12-6-7-25-29(31(38)40)19(3)26(35-25)16-23-22-15-24(33)28(17-27(22)36-30(23)39)34-18-20-8-10-21(32)11-9-20/h8-11,15-17,25,29,34-35H,4-7,12-14,18H2,1-3H3,(H,36,39)/b23-16-. The molecular formula is C31H37F2N5O2. The molecule has 212 valence electrons. The lowest BCUT2D eigenvalue weighted by Crippen LogP contribution is -2.43. The van der Waals surface area contributed by atoms with Crippen molar-refractivity contribution in [3.05, 3.63) is 76.5 Å². The predicted octanol–water partition coefficient (Wildman–Crippen LogP) is 4.74. The molecule has 0 saturated carbocycles. The van der Waals surface area contributed by atoms with Crippen LogP contribution < -0.4 is 16.0 Å². The number of allylic oxidation sites excluding steroid dienone is 1. The van der Waals surface area contributed by atoms with Gasteiger partial charge in [-0.3, -0.25) is 9.59 Å². The zero-order valence-corrected chi connectivity index (χ0v) is 23.3. The molecule has 0 bridgehead atoms. The molecule has 2 atom stereocenters. The van der Waals surface area contributed by atoms with Gasteiger partial charge >= 0.3 is 0 Å². The summed E-state index contributed by atoms with van der Waals surface area (Å²) >= 11 is 0. The third kappa shape index (κ3) is 5.61. The van der Waals surface area contributed by atoms with Crippen molar-refractivity contribution >= 4 is 28.8 Å². The van der Waals surface area contributed by atoms with Crippen LogP contribution in [0.2, 0.25) is 0 Å². The third-order valence-electron chi connectivity index (χ3n) is 8.31. The number of hydrogen-bond donors (Lipinski definition) is 3. The molecule has 3 N–H and O–H groups in total. The van der Waals surface area contributed by atoms with Crippen molar-refractivity contribution in [3.63, 3.8) is 0 Å². The van der Waals surface area contributed by atoms with Crippen molar-refractivity contribution in [1.29, 1.82) is 0 Å². The molecule has 0 spiro atoms. The maximum atomic E-state index is 15.1. The summed E-state index contributed by atoms with van der Waals surface area (Å²) in [4.78, 5) is 30.9. The van der Waals surface area contributed by atoms with Gasteiger partial charge in [0.25, 0.3) is 5.91 Å². The first-order valence-corrected chi connectivity index (χ1v) is 14.1. The molecule has 1 fully saturated rings. The van der Waals surface area contributed by atoms with Gasteiger partial charge < -0.3 is 25.8 Å². The molecular weight excluding hydrogens is 512 g/mol. The van der Waals surface area contributed by atoms with E-state index in [0.717, 1.165) is 55.9 Å². The number of rotatable bonds is 9. The number of nitrogens with zero attached hydrogens (tertiary/aromatic N) is 2. The Balaban J connectivity index is 1.35. The number of halogens is 2. The Morgan fingerprint density at radius 3 is 2.60 bits per heavy atom. The zero-order valence-electron chi connectivity index (χ0n) is 23.3. The lowest BCUT2D eigenvalue weighted by Gasteiger charge is -2.27. The van der Waals surface area contributed by atoms with E-state index in [0.29, 0.717) is 29.9 Å². The monoisotopic (exact) mass is 549 g/mol. The second kappa shape index (κ2) is 11.8. The van der Waals surface area contributed by atoms with Crippen molar-refractivity contribution < 1.29 is 18.4 Å². The first kappa shape index (κ1) is 27.8. The van der Waals surface area contributed by atoms with Crippen LogP contribution in [-0.4, -0.2) is 60.4 Å². The molecule has 1 saturated heterocycles. The number of carbonyl (C=O) groups excluding carboxylic acids is 2. The molecule has 40 heavy (non-hydrogen) atoms. The van der Waals surface area contributed by atoms with E-state index in [1.807, 2.05) is 11.8 Å². The minimum atomic E-state index is -0.488. The summed E-state index contributed by atoms with van der Waals surface area (Å²) < 4.78 is 28.3. The topological polar surface area (TPSA) is 76.7 Å². The molecule has 3 heterocycles. The first-order chi connectivity index (χ1) is 19.3. The fourth-order valence-electron chi connectivity index (χ4n) is 5.88. The number of carbonyl (C=O) groups is 2. The molecule has 2 amide bonds. The third-order valence-corrected chi connectivity index (χ3v) is 8.31. The highest BCUT2D eigenvalue weighted by atomic mass is 19.1. The fraction of sp³-hybridized carbons (Fsp3) is 0.419. The molecule has 2 aromatic rings. The van der Waals surface area contributed by atoms with Gasteiger partial charge in [-0.15, -0.1) is 0 Å². The van der Waals surface area contributed by atoms with E-state index in [-0.39, 0.29) is 35.3 Å². The molecule has 3 aliphatic heterocycles. The van der Waals surface area contributed by atoms with Gasteiger partial charge in [0.05, 0.1) is 22.9 Å². The van der Waals surface area contributed by atoms with E-state index in [4.69, 9.17) is 0 Å². The molecule has 2 aromatic carbocycles. The second-order valence-electron chi connectivity index (χ2n) is 10.7. The van der Waals surface area contributed by atoms with Gasteiger partial charge in [-0.05, 0) is 74.3 Å². The van der Waals surface area contributed by atoms with Crippen LogP contribution in [0.25, 0.3) is 5.57 Å². The Morgan fingerprint density at radius 1 is 1.12 bits per heavy atom. The summed E-state index contributed by atoms with van der Waals surface area (Å²) in [6.45, 7) is 10.8. The number of likely N-dealkylation sites (N-methyl/N-ethyl adjacent to an activating group) is 1. The lowest BCUT2D eigenvalue weighted by molar-refractivity contribution is -0.134. The minimum Gasteiger partial charge on any atom is -0.381 e. The Morgan fingerprint density at radius 2 is 1.88 bits per heavy atom. The van der Waals surface area contributed by atoms with Gasteiger partial charge in [-0.25, -0.2) is 8.78 Å². The maximum Gasteiger partial charge on any atom is 0.256 e. The van der Waals surface area contributed by atoms with E-state index in [2.05, 4.69) is 34.7 Å². The maximum absolute atomic E-state index is 15.1. The molecule has 9 heteroatoms. The van der Waals surface area contributed by atoms with Crippen molar-refractivity contribution in [2.24, 2.45) is 5.92 Å². The molecule has 0 radical (unpaired) electrons. The lowest BCUT2D eigenvalue weighted by atomic mass is 9.92. The van der Waals surface area contributed by atoms with Crippen LogP contribution in [0.15, 0.2) is 53.7 Å². The van der Waals surface area contributed by atoms with Gasteiger partial charge in [-0.1, -0.05) is 26.0 Å². The van der Waals surface area contributed by atoms with Crippen LogP contribution in [0.3, 0.4) is 0 Å². The van der Waals surface area contributed by atoms with Crippen LogP contribution in [0, 0.1) is 17.6 Å². The van der Waals surface area contributed by atoms with Gasteiger partial charge in [0, 0.05) is 43.5 Å². The van der Waals surface area contributed by atoms with Gasteiger partial charge in [-0.2, -0.15) is 0 Å². The highest BCUT2D eigenvalue weighted by Gasteiger charge is 2.41. The SMILES string of the molecule is CCN(CC)CCN1CCCC2NC(/C=C3\C(=O)Nc4cc(NCc5ccc(F)cc5)c(F)cc43)=C(C)C2C1=O. The Bertz CT molecular complexity index is 1350. The highest BCUT2D eigenvalue weighted by molar-refractivity contribution is 6.32. The largest absolute Gasteiger partial charge is 0.381 e. The summed E-state index contributed by atoms with van der Waals surface area (Å²) in [7, 11) is 0. The number of fused-ring (bicyclic) bond motifs is 2. The molecule has 5 rings (SSSR count). The Labute approximate surface area is 234 Å².